The van der Waals surface area contributed by atoms with E-state index in [1.165, 1.54) is 6.07 Å². The van der Waals surface area contributed by atoms with Gasteiger partial charge in [-0.05, 0) is 23.8 Å². The van der Waals surface area contributed by atoms with Crippen molar-refractivity contribution in [2.75, 3.05) is 0 Å². The largest absolute Gasteiger partial charge is 0.416 e. The van der Waals surface area contributed by atoms with E-state index in [9.17, 15) is 18.0 Å². The standard InChI is InChI=1S/C16H11F3N2O/c17-16(18,19)13-3-1-2-11(6-13)7-14-9-21-8-12(10-22)4-5-15(21)20-14/h1-6,8-10H,7H2. The lowest BCUT2D eigenvalue weighted by molar-refractivity contribution is -0.137. The van der Waals surface area contributed by atoms with Gasteiger partial charge in [-0.25, -0.2) is 4.98 Å². The highest BCUT2D eigenvalue weighted by Crippen LogP contribution is 2.29. The first-order valence-electron chi connectivity index (χ1n) is 6.55. The molecule has 0 fully saturated rings. The summed E-state index contributed by atoms with van der Waals surface area (Å²) in [5, 5.41) is 0. The zero-order valence-corrected chi connectivity index (χ0v) is 11.3. The number of benzene rings is 1. The number of pyridine rings is 1. The minimum absolute atomic E-state index is 0.294. The number of rotatable bonds is 3. The van der Waals surface area contributed by atoms with Gasteiger partial charge in [0.2, 0.25) is 0 Å². The van der Waals surface area contributed by atoms with E-state index in [2.05, 4.69) is 4.98 Å². The van der Waals surface area contributed by atoms with Gasteiger partial charge in [0.15, 0.2) is 6.29 Å². The molecule has 2 aromatic heterocycles. The van der Waals surface area contributed by atoms with Crippen LogP contribution in [0.3, 0.4) is 0 Å². The predicted molar refractivity (Wildman–Crippen MR) is 74.8 cm³/mol. The number of nitrogens with zero attached hydrogens (tertiary/aromatic N) is 2. The molecule has 0 bridgehead atoms. The van der Waals surface area contributed by atoms with Gasteiger partial charge in [0.25, 0.3) is 0 Å². The number of fused-ring (bicyclic) bond motifs is 1. The van der Waals surface area contributed by atoms with Gasteiger partial charge in [0, 0.05) is 24.4 Å². The third-order valence-electron chi connectivity index (χ3n) is 3.30. The Balaban J connectivity index is 1.91. The molecule has 3 rings (SSSR count). The number of carbonyl (C=O) groups excluding carboxylic acids is 1. The molecule has 0 saturated heterocycles. The van der Waals surface area contributed by atoms with E-state index in [1.807, 2.05) is 0 Å². The molecule has 3 aromatic rings. The Morgan fingerprint density at radius 1 is 1.14 bits per heavy atom. The average Bonchev–Trinajstić information content (AvgIpc) is 2.87. The molecule has 0 amide bonds. The van der Waals surface area contributed by atoms with E-state index in [-0.39, 0.29) is 0 Å². The van der Waals surface area contributed by atoms with Crippen molar-refractivity contribution in [1.29, 1.82) is 0 Å². The molecule has 0 unspecified atom stereocenters. The van der Waals surface area contributed by atoms with Gasteiger partial charge in [0.1, 0.15) is 5.65 Å². The first-order valence-corrected chi connectivity index (χ1v) is 6.55. The Morgan fingerprint density at radius 3 is 2.68 bits per heavy atom. The van der Waals surface area contributed by atoms with Crippen LogP contribution in [0.1, 0.15) is 27.2 Å². The van der Waals surface area contributed by atoms with Crippen molar-refractivity contribution in [2.24, 2.45) is 0 Å². The number of aromatic nitrogens is 2. The molecule has 22 heavy (non-hydrogen) atoms. The molecule has 0 saturated carbocycles. The number of hydrogen-bond donors (Lipinski definition) is 0. The Bertz CT molecular complexity index is 837. The minimum atomic E-state index is -4.35. The van der Waals surface area contributed by atoms with Gasteiger partial charge in [0.05, 0.1) is 11.3 Å². The lowest BCUT2D eigenvalue weighted by Gasteiger charge is -2.07. The number of hydrogen-bond acceptors (Lipinski definition) is 2. The molecule has 0 aliphatic carbocycles. The van der Waals surface area contributed by atoms with E-state index in [4.69, 9.17) is 0 Å². The van der Waals surface area contributed by atoms with Crippen LogP contribution in [-0.4, -0.2) is 15.7 Å². The van der Waals surface area contributed by atoms with Crippen LogP contribution in [0.15, 0.2) is 48.8 Å². The molecule has 0 spiro atoms. The highest BCUT2D eigenvalue weighted by Gasteiger charge is 2.30. The van der Waals surface area contributed by atoms with Crippen LogP contribution in [0, 0.1) is 0 Å². The Morgan fingerprint density at radius 2 is 1.95 bits per heavy atom. The van der Waals surface area contributed by atoms with Gasteiger partial charge < -0.3 is 4.40 Å². The summed E-state index contributed by atoms with van der Waals surface area (Å²) in [5.74, 6) is 0. The topological polar surface area (TPSA) is 34.4 Å². The molecular formula is C16H11F3N2O. The summed E-state index contributed by atoms with van der Waals surface area (Å²) in [5.41, 5.74) is 1.66. The summed E-state index contributed by atoms with van der Waals surface area (Å²) in [6.07, 6.45) is 0.00922. The second-order valence-corrected chi connectivity index (χ2v) is 4.95. The predicted octanol–water partition coefficient (Wildman–Crippen LogP) is 3.76. The van der Waals surface area contributed by atoms with Crippen LogP contribution in [0.4, 0.5) is 13.2 Å². The fourth-order valence-electron chi connectivity index (χ4n) is 2.28. The van der Waals surface area contributed by atoms with Crippen molar-refractivity contribution >= 4 is 11.9 Å². The van der Waals surface area contributed by atoms with Crippen molar-refractivity contribution in [3.05, 3.63) is 71.2 Å². The molecule has 112 valence electrons. The summed E-state index contributed by atoms with van der Waals surface area (Å²) < 4.78 is 39.8. The van der Waals surface area contributed by atoms with E-state index >= 15 is 0 Å². The highest BCUT2D eigenvalue weighted by molar-refractivity contribution is 5.74. The van der Waals surface area contributed by atoms with E-state index in [1.54, 1.807) is 35.0 Å². The van der Waals surface area contributed by atoms with Gasteiger partial charge in [-0.3, -0.25) is 4.79 Å². The monoisotopic (exact) mass is 304 g/mol. The molecule has 1 aromatic carbocycles. The number of aldehydes is 1. The molecule has 0 aliphatic rings. The molecule has 2 heterocycles. The van der Waals surface area contributed by atoms with E-state index in [0.717, 1.165) is 18.4 Å². The molecule has 0 aliphatic heterocycles. The summed E-state index contributed by atoms with van der Waals surface area (Å²) >= 11 is 0. The Labute approximate surface area is 124 Å². The third-order valence-corrected chi connectivity index (χ3v) is 3.30. The highest BCUT2D eigenvalue weighted by atomic mass is 19.4. The van der Waals surface area contributed by atoms with Crippen molar-refractivity contribution in [3.8, 4) is 0 Å². The summed E-state index contributed by atoms with van der Waals surface area (Å²) in [4.78, 5) is 15.1. The van der Waals surface area contributed by atoms with Crippen LogP contribution in [0.2, 0.25) is 0 Å². The zero-order chi connectivity index (χ0) is 15.7. The molecule has 0 atom stereocenters. The normalized spacial score (nSPS) is 11.8. The molecule has 0 radical (unpaired) electrons. The second-order valence-electron chi connectivity index (χ2n) is 4.95. The van der Waals surface area contributed by atoms with Crippen LogP contribution in [0.5, 0.6) is 0 Å². The van der Waals surface area contributed by atoms with Crippen LogP contribution < -0.4 is 0 Å². The fraction of sp³-hybridized carbons (Fsp3) is 0.125. The fourth-order valence-corrected chi connectivity index (χ4v) is 2.28. The molecule has 0 N–H and O–H groups in total. The number of alkyl halides is 3. The maximum absolute atomic E-state index is 12.7. The molecule has 3 nitrogen and oxygen atoms in total. The summed E-state index contributed by atoms with van der Waals surface area (Å²) in [6.45, 7) is 0. The second kappa shape index (κ2) is 5.29. The summed E-state index contributed by atoms with van der Waals surface area (Å²) in [6, 6.07) is 8.53. The summed E-state index contributed by atoms with van der Waals surface area (Å²) in [7, 11) is 0. The van der Waals surface area contributed by atoms with Crippen LogP contribution >= 0.6 is 0 Å². The quantitative estimate of drug-likeness (QED) is 0.691. The van der Waals surface area contributed by atoms with Crippen molar-refractivity contribution in [3.63, 3.8) is 0 Å². The molecule has 6 heteroatoms. The van der Waals surface area contributed by atoms with Crippen molar-refractivity contribution in [2.45, 2.75) is 12.6 Å². The van der Waals surface area contributed by atoms with Crippen LogP contribution in [0.25, 0.3) is 5.65 Å². The van der Waals surface area contributed by atoms with E-state index in [0.29, 0.717) is 28.9 Å². The average molecular weight is 304 g/mol. The van der Waals surface area contributed by atoms with Crippen LogP contribution in [-0.2, 0) is 12.6 Å². The number of carbonyl (C=O) groups is 1. The maximum Gasteiger partial charge on any atom is 0.416 e. The first-order chi connectivity index (χ1) is 10.5. The SMILES string of the molecule is O=Cc1ccc2nc(Cc3cccc(C(F)(F)F)c3)cn2c1. The third kappa shape index (κ3) is 2.86. The minimum Gasteiger partial charge on any atom is -0.306 e. The van der Waals surface area contributed by atoms with Gasteiger partial charge in [-0.15, -0.1) is 0 Å². The van der Waals surface area contributed by atoms with Gasteiger partial charge in [-0.2, -0.15) is 13.2 Å². The smallest absolute Gasteiger partial charge is 0.306 e. The number of halogens is 3. The lowest BCUT2D eigenvalue weighted by Crippen LogP contribution is -2.05. The Hall–Kier alpha value is -2.63. The van der Waals surface area contributed by atoms with Crippen molar-refractivity contribution < 1.29 is 18.0 Å². The first kappa shape index (κ1) is 14.3. The van der Waals surface area contributed by atoms with Gasteiger partial charge >= 0.3 is 6.18 Å². The van der Waals surface area contributed by atoms with E-state index < -0.39 is 11.7 Å². The van der Waals surface area contributed by atoms with Gasteiger partial charge in [-0.1, -0.05) is 18.2 Å². The lowest BCUT2D eigenvalue weighted by atomic mass is 10.1. The Kier molecular flexibility index (Phi) is 3.44. The van der Waals surface area contributed by atoms with Crippen molar-refractivity contribution in [1.82, 2.24) is 9.38 Å². The zero-order valence-electron chi connectivity index (χ0n) is 11.3. The molecular weight excluding hydrogens is 293 g/mol. The maximum atomic E-state index is 12.7. The number of imidazole rings is 1.